The van der Waals surface area contributed by atoms with Gasteiger partial charge in [-0.2, -0.15) is 0 Å². The number of hydrogen-bond acceptors (Lipinski definition) is 4. The van der Waals surface area contributed by atoms with Crippen LogP contribution in [0.5, 0.6) is 0 Å². The van der Waals surface area contributed by atoms with Crippen molar-refractivity contribution in [3.8, 4) is 0 Å². The maximum absolute atomic E-state index is 13.2. The Bertz CT molecular complexity index is 754. The van der Waals surface area contributed by atoms with Gasteiger partial charge < -0.3 is 14.2 Å². The van der Waals surface area contributed by atoms with E-state index in [0.717, 1.165) is 12.1 Å². The van der Waals surface area contributed by atoms with E-state index in [4.69, 9.17) is 4.74 Å². The van der Waals surface area contributed by atoms with Crippen LogP contribution in [0.4, 0.5) is 0 Å². The van der Waals surface area contributed by atoms with Gasteiger partial charge in [-0.1, -0.05) is 34.6 Å². The van der Waals surface area contributed by atoms with Crippen molar-refractivity contribution >= 4 is 17.7 Å². The highest BCUT2D eigenvalue weighted by Crippen LogP contribution is 2.25. The van der Waals surface area contributed by atoms with Gasteiger partial charge in [-0.15, -0.1) is 0 Å². The number of aromatic nitrogens is 1. The fraction of sp³-hybridized carbons (Fsp3) is 0.696. The summed E-state index contributed by atoms with van der Waals surface area (Å²) in [6, 6.07) is 0. The number of carbonyl (C=O) groups is 3. The average molecular weight is 407 g/mol. The Labute approximate surface area is 175 Å². The molecule has 29 heavy (non-hydrogen) atoms. The minimum Gasteiger partial charge on any atom is -0.464 e. The fourth-order valence-electron chi connectivity index (χ4n) is 3.58. The summed E-state index contributed by atoms with van der Waals surface area (Å²) in [7, 11) is 1.34. The quantitative estimate of drug-likeness (QED) is 0.450. The number of nitrogens with zero attached hydrogens (tertiary/aromatic N) is 2. The molecule has 1 rings (SSSR count). The molecule has 0 atom stereocenters. The molecule has 6 heteroatoms. The number of ether oxygens (including phenoxy) is 1. The molecule has 0 saturated heterocycles. The highest BCUT2D eigenvalue weighted by Gasteiger charge is 2.29. The van der Waals surface area contributed by atoms with Crippen LogP contribution in [-0.4, -0.2) is 47.3 Å². The summed E-state index contributed by atoms with van der Waals surface area (Å²) in [5.41, 5.74) is 2.14. The number of esters is 1. The smallest absolute Gasteiger partial charge is 0.354 e. The van der Waals surface area contributed by atoms with Crippen molar-refractivity contribution < 1.29 is 19.1 Å². The van der Waals surface area contributed by atoms with E-state index in [2.05, 4.69) is 13.8 Å². The van der Waals surface area contributed by atoms with Gasteiger partial charge >= 0.3 is 5.97 Å². The molecule has 0 saturated carbocycles. The molecule has 164 valence electrons. The number of ketones is 1. The topological polar surface area (TPSA) is 68.6 Å². The SMILES string of the molecule is CCn1c(C)c(C(=O)CN(CCC(C)C)C(=O)CC(C)(C)C)c(C)c1C(=O)OC. The highest BCUT2D eigenvalue weighted by atomic mass is 16.5. The number of carbonyl (C=O) groups excluding carboxylic acids is 3. The van der Waals surface area contributed by atoms with E-state index in [1.54, 1.807) is 11.8 Å². The molecule has 1 heterocycles. The van der Waals surface area contributed by atoms with Crippen LogP contribution in [0.1, 0.15) is 86.5 Å². The van der Waals surface area contributed by atoms with E-state index in [1.165, 1.54) is 7.11 Å². The third-order valence-corrected chi connectivity index (χ3v) is 5.09. The zero-order chi connectivity index (χ0) is 22.5. The average Bonchev–Trinajstić information content (AvgIpc) is 2.85. The van der Waals surface area contributed by atoms with Crippen LogP contribution < -0.4 is 0 Å². The maximum atomic E-state index is 13.2. The van der Waals surface area contributed by atoms with Crippen LogP contribution in [0.3, 0.4) is 0 Å². The molecule has 0 aromatic carbocycles. The molecule has 0 radical (unpaired) electrons. The number of hydrogen-bond donors (Lipinski definition) is 0. The Morgan fingerprint density at radius 2 is 1.72 bits per heavy atom. The van der Waals surface area contributed by atoms with Crippen LogP contribution in [0.15, 0.2) is 0 Å². The first-order chi connectivity index (χ1) is 13.3. The Hall–Kier alpha value is -2.11. The normalized spacial score (nSPS) is 11.7. The summed E-state index contributed by atoms with van der Waals surface area (Å²) in [5.74, 6) is -0.161. The van der Waals surface area contributed by atoms with Crippen LogP contribution in [0, 0.1) is 25.2 Å². The molecule has 0 aliphatic heterocycles. The monoisotopic (exact) mass is 406 g/mol. The first kappa shape index (κ1) is 24.9. The zero-order valence-electron chi connectivity index (χ0n) is 19.6. The van der Waals surface area contributed by atoms with E-state index in [-0.39, 0.29) is 23.7 Å². The Balaban J connectivity index is 3.24. The third-order valence-electron chi connectivity index (χ3n) is 5.09. The first-order valence-corrected chi connectivity index (χ1v) is 10.4. The van der Waals surface area contributed by atoms with Crippen LogP contribution >= 0.6 is 0 Å². The van der Waals surface area contributed by atoms with Gasteiger partial charge in [0.05, 0.1) is 13.7 Å². The standard InChI is InChI=1S/C23H38N2O4/c1-10-25-17(5)20(16(4)21(25)22(28)29-9)18(26)14-24(12-11-15(2)3)19(27)13-23(6,7)8/h15H,10-14H2,1-9H3. The molecule has 6 nitrogen and oxygen atoms in total. The first-order valence-electron chi connectivity index (χ1n) is 10.4. The minimum atomic E-state index is -0.452. The van der Waals surface area contributed by atoms with E-state index in [9.17, 15) is 14.4 Å². The molecule has 1 aromatic heterocycles. The summed E-state index contributed by atoms with van der Waals surface area (Å²) in [6.07, 6.45) is 1.23. The zero-order valence-corrected chi connectivity index (χ0v) is 19.6. The van der Waals surface area contributed by atoms with E-state index < -0.39 is 5.97 Å². The number of rotatable bonds is 9. The van der Waals surface area contributed by atoms with E-state index >= 15 is 0 Å². The molecular weight excluding hydrogens is 368 g/mol. The number of Topliss-reactive ketones (excluding diaryl/α,β-unsaturated/α-hetero) is 1. The summed E-state index contributed by atoms with van der Waals surface area (Å²) in [5, 5.41) is 0. The van der Waals surface area contributed by atoms with Gasteiger partial charge in [-0.25, -0.2) is 4.79 Å². The van der Waals surface area contributed by atoms with Crippen molar-refractivity contribution in [3.05, 3.63) is 22.5 Å². The maximum Gasteiger partial charge on any atom is 0.354 e. The van der Waals surface area contributed by atoms with E-state index in [1.807, 2.05) is 39.2 Å². The van der Waals surface area contributed by atoms with Crippen molar-refractivity contribution in [1.29, 1.82) is 0 Å². The number of amides is 1. The molecule has 0 spiro atoms. The largest absolute Gasteiger partial charge is 0.464 e. The van der Waals surface area contributed by atoms with Gasteiger partial charge in [0, 0.05) is 30.8 Å². The molecular formula is C23H38N2O4. The van der Waals surface area contributed by atoms with Crippen molar-refractivity contribution in [2.24, 2.45) is 11.3 Å². The number of methoxy groups -OCH3 is 1. The second kappa shape index (κ2) is 10.1. The minimum absolute atomic E-state index is 0.00933. The molecule has 1 amide bonds. The summed E-state index contributed by atoms with van der Waals surface area (Å²) in [4.78, 5) is 40.1. The van der Waals surface area contributed by atoms with Crippen LogP contribution in [0.2, 0.25) is 0 Å². The highest BCUT2D eigenvalue weighted by molar-refractivity contribution is 6.04. The van der Waals surface area contributed by atoms with Gasteiger partial charge in [-0.3, -0.25) is 9.59 Å². The lowest BCUT2D eigenvalue weighted by Gasteiger charge is -2.27. The van der Waals surface area contributed by atoms with Gasteiger partial charge in [0.15, 0.2) is 5.78 Å². The molecule has 0 bridgehead atoms. The van der Waals surface area contributed by atoms with Crippen molar-refractivity contribution in [3.63, 3.8) is 0 Å². The lowest BCUT2D eigenvalue weighted by atomic mass is 9.91. The second-order valence-corrected chi connectivity index (χ2v) is 9.33. The lowest BCUT2D eigenvalue weighted by molar-refractivity contribution is -0.132. The van der Waals surface area contributed by atoms with E-state index in [0.29, 0.717) is 42.2 Å². The molecule has 1 aromatic rings. The summed E-state index contributed by atoms with van der Waals surface area (Å²) >= 11 is 0. The predicted molar refractivity (Wildman–Crippen MR) is 115 cm³/mol. The fourth-order valence-corrected chi connectivity index (χ4v) is 3.58. The molecule has 0 N–H and O–H groups in total. The van der Waals surface area contributed by atoms with Crippen molar-refractivity contribution in [1.82, 2.24) is 9.47 Å². The Morgan fingerprint density at radius 3 is 2.17 bits per heavy atom. The summed E-state index contributed by atoms with van der Waals surface area (Å²) < 4.78 is 6.72. The Morgan fingerprint density at radius 1 is 1.14 bits per heavy atom. The van der Waals surface area contributed by atoms with Crippen LogP contribution in [-0.2, 0) is 16.1 Å². The van der Waals surface area contributed by atoms with Gasteiger partial charge in [0.2, 0.25) is 5.91 Å². The second-order valence-electron chi connectivity index (χ2n) is 9.33. The van der Waals surface area contributed by atoms with Gasteiger partial charge in [0.25, 0.3) is 0 Å². The molecule has 0 aliphatic rings. The Kier molecular flexibility index (Phi) is 8.66. The summed E-state index contributed by atoms with van der Waals surface area (Å²) in [6.45, 7) is 16.9. The van der Waals surface area contributed by atoms with Crippen molar-refractivity contribution in [2.45, 2.75) is 74.8 Å². The predicted octanol–water partition coefficient (Wildman–Crippen LogP) is 4.41. The van der Waals surface area contributed by atoms with Crippen molar-refractivity contribution in [2.75, 3.05) is 20.2 Å². The molecule has 0 unspecified atom stereocenters. The molecule has 0 fully saturated rings. The van der Waals surface area contributed by atoms with Gasteiger partial charge in [0.1, 0.15) is 5.69 Å². The third kappa shape index (κ3) is 6.44. The lowest BCUT2D eigenvalue weighted by Crippen LogP contribution is -2.39. The van der Waals surface area contributed by atoms with Crippen LogP contribution in [0.25, 0.3) is 0 Å². The molecule has 0 aliphatic carbocycles. The van der Waals surface area contributed by atoms with Gasteiger partial charge in [-0.05, 0) is 44.1 Å².